The quantitative estimate of drug-likeness (QED) is 0.887. The maximum Gasteiger partial charge on any atom is 0.439 e. The molecule has 1 aliphatic heterocycles. The van der Waals surface area contributed by atoms with E-state index in [2.05, 4.69) is 20.0 Å². The first-order valence-electron chi connectivity index (χ1n) is 8.45. The molecule has 0 bridgehead atoms. The lowest BCUT2D eigenvalue weighted by molar-refractivity contribution is 0.138. The van der Waals surface area contributed by atoms with E-state index in [1.165, 1.54) is 19.3 Å². The van der Waals surface area contributed by atoms with Gasteiger partial charge in [-0.25, -0.2) is 9.59 Å². The smallest absolute Gasteiger partial charge is 0.321 e. The zero-order valence-corrected chi connectivity index (χ0v) is 13.3. The molecule has 1 saturated carbocycles. The van der Waals surface area contributed by atoms with Crippen LogP contribution in [0.3, 0.4) is 0 Å². The van der Waals surface area contributed by atoms with Crippen LogP contribution in [-0.4, -0.2) is 33.7 Å². The topological polar surface area (TPSA) is 91.2 Å². The van der Waals surface area contributed by atoms with Crippen LogP contribution in [0.1, 0.15) is 32.1 Å². The van der Waals surface area contributed by atoms with E-state index in [1.807, 2.05) is 4.90 Å². The SMILES string of the molecule is O=C(Nc1ccc(-c2noc(=O)[nH]2)cc1)N1CCC[C@@H]2CCC[C@@H]21. The van der Waals surface area contributed by atoms with Gasteiger partial charge >= 0.3 is 11.8 Å². The van der Waals surface area contributed by atoms with Gasteiger partial charge in [0.05, 0.1) is 0 Å². The Hall–Kier alpha value is -2.57. The Bertz CT molecular complexity index is 780. The van der Waals surface area contributed by atoms with Crippen molar-refractivity contribution >= 4 is 11.7 Å². The third-order valence-corrected chi connectivity index (χ3v) is 5.10. The zero-order chi connectivity index (χ0) is 16.5. The van der Waals surface area contributed by atoms with Gasteiger partial charge in [0.15, 0.2) is 5.82 Å². The van der Waals surface area contributed by atoms with Crippen molar-refractivity contribution in [3.05, 3.63) is 34.8 Å². The number of piperidine rings is 1. The third kappa shape index (κ3) is 2.81. The Balaban J connectivity index is 1.45. The normalized spacial score (nSPS) is 23.1. The van der Waals surface area contributed by atoms with Crippen LogP contribution >= 0.6 is 0 Å². The van der Waals surface area contributed by atoms with E-state index in [-0.39, 0.29) is 6.03 Å². The van der Waals surface area contributed by atoms with Gasteiger partial charge in [-0.1, -0.05) is 11.6 Å². The number of aromatic nitrogens is 2. The van der Waals surface area contributed by atoms with Crippen molar-refractivity contribution in [1.82, 2.24) is 15.0 Å². The molecule has 2 N–H and O–H groups in total. The van der Waals surface area contributed by atoms with Gasteiger partial charge < -0.3 is 10.2 Å². The molecule has 1 aromatic carbocycles. The van der Waals surface area contributed by atoms with Gasteiger partial charge in [0, 0.05) is 23.8 Å². The number of nitrogens with zero attached hydrogens (tertiary/aromatic N) is 2. The van der Waals surface area contributed by atoms with Crippen molar-refractivity contribution in [2.45, 2.75) is 38.1 Å². The largest absolute Gasteiger partial charge is 0.439 e. The van der Waals surface area contributed by atoms with Crippen molar-refractivity contribution in [2.75, 3.05) is 11.9 Å². The molecule has 1 aliphatic carbocycles. The summed E-state index contributed by atoms with van der Waals surface area (Å²) >= 11 is 0. The molecular formula is C17H20N4O3. The summed E-state index contributed by atoms with van der Waals surface area (Å²) in [7, 11) is 0. The molecule has 0 spiro atoms. The maximum absolute atomic E-state index is 12.6. The van der Waals surface area contributed by atoms with Gasteiger partial charge in [-0.2, -0.15) is 0 Å². The summed E-state index contributed by atoms with van der Waals surface area (Å²) in [5, 5.41) is 6.63. The van der Waals surface area contributed by atoms with Crippen LogP contribution < -0.4 is 11.1 Å². The van der Waals surface area contributed by atoms with E-state index in [0.29, 0.717) is 17.8 Å². The van der Waals surface area contributed by atoms with Crippen molar-refractivity contribution in [3.8, 4) is 11.4 Å². The number of hydrogen-bond donors (Lipinski definition) is 2. The molecule has 2 fully saturated rings. The van der Waals surface area contributed by atoms with E-state index < -0.39 is 5.76 Å². The molecular weight excluding hydrogens is 308 g/mol. The molecule has 7 heteroatoms. The minimum absolute atomic E-state index is 0.0193. The number of fused-ring (bicyclic) bond motifs is 1. The number of amides is 2. The average Bonchev–Trinajstić information content (AvgIpc) is 3.24. The van der Waals surface area contributed by atoms with Gasteiger partial charge in [-0.15, -0.1) is 0 Å². The fourth-order valence-corrected chi connectivity index (χ4v) is 3.97. The van der Waals surface area contributed by atoms with Gasteiger partial charge in [0.2, 0.25) is 0 Å². The van der Waals surface area contributed by atoms with Crippen molar-refractivity contribution < 1.29 is 9.32 Å². The number of carbonyl (C=O) groups excluding carboxylic acids is 1. The standard InChI is InChI=1S/C17H20N4O3/c22-16(21-10-2-4-11-3-1-5-14(11)21)18-13-8-6-12(7-9-13)15-19-17(23)24-20-15/h6-9,11,14H,1-5,10H2,(H,18,22)(H,19,20,23)/t11-,14-/m0/s1. The Morgan fingerprint density at radius 1 is 1.21 bits per heavy atom. The summed E-state index contributed by atoms with van der Waals surface area (Å²) in [5.41, 5.74) is 1.46. The highest BCUT2D eigenvalue weighted by Crippen LogP contribution is 2.37. The minimum Gasteiger partial charge on any atom is -0.321 e. The molecule has 2 aromatic rings. The van der Waals surface area contributed by atoms with E-state index in [4.69, 9.17) is 0 Å². The highest BCUT2D eigenvalue weighted by atomic mass is 16.5. The third-order valence-electron chi connectivity index (χ3n) is 5.10. The van der Waals surface area contributed by atoms with E-state index in [0.717, 1.165) is 30.6 Å². The lowest BCUT2D eigenvalue weighted by Crippen LogP contribution is -2.48. The monoisotopic (exact) mass is 328 g/mol. The Morgan fingerprint density at radius 3 is 2.75 bits per heavy atom. The highest BCUT2D eigenvalue weighted by Gasteiger charge is 2.37. The summed E-state index contributed by atoms with van der Waals surface area (Å²) < 4.78 is 4.50. The Kier molecular flexibility index (Phi) is 3.84. The zero-order valence-electron chi connectivity index (χ0n) is 13.3. The highest BCUT2D eigenvalue weighted by molar-refractivity contribution is 5.90. The summed E-state index contributed by atoms with van der Waals surface area (Å²) in [6.45, 7) is 0.839. The first-order valence-corrected chi connectivity index (χ1v) is 8.45. The molecule has 1 saturated heterocycles. The van der Waals surface area contributed by atoms with Crippen LogP contribution in [0.2, 0.25) is 0 Å². The number of H-pyrrole nitrogens is 1. The van der Waals surface area contributed by atoms with Crippen LogP contribution in [0.4, 0.5) is 10.5 Å². The summed E-state index contributed by atoms with van der Waals surface area (Å²) in [4.78, 5) is 28.1. The maximum atomic E-state index is 12.6. The van der Waals surface area contributed by atoms with Gasteiger partial charge in [0.1, 0.15) is 0 Å². The second-order valence-electron chi connectivity index (χ2n) is 6.55. The van der Waals surface area contributed by atoms with Gasteiger partial charge in [-0.3, -0.25) is 9.51 Å². The van der Waals surface area contributed by atoms with Crippen LogP contribution in [0.15, 0.2) is 33.6 Å². The fraction of sp³-hybridized carbons (Fsp3) is 0.471. The Morgan fingerprint density at radius 2 is 2.00 bits per heavy atom. The first kappa shape index (κ1) is 15.0. The van der Waals surface area contributed by atoms with Gasteiger partial charge in [-0.05, 0) is 55.9 Å². The van der Waals surface area contributed by atoms with Crippen molar-refractivity contribution in [1.29, 1.82) is 0 Å². The molecule has 1 aromatic heterocycles. The molecule has 7 nitrogen and oxygen atoms in total. The lowest BCUT2D eigenvalue weighted by atomic mass is 9.92. The number of benzene rings is 1. The van der Waals surface area contributed by atoms with Crippen molar-refractivity contribution in [3.63, 3.8) is 0 Å². The number of carbonyl (C=O) groups is 1. The number of anilines is 1. The summed E-state index contributed by atoms with van der Waals surface area (Å²) in [6.07, 6.45) is 5.94. The van der Waals surface area contributed by atoms with Crippen LogP contribution in [0, 0.1) is 5.92 Å². The summed E-state index contributed by atoms with van der Waals surface area (Å²) in [6, 6.07) is 7.56. The van der Waals surface area contributed by atoms with Crippen molar-refractivity contribution in [2.24, 2.45) is 5.92 Å². The fourth-order valence-electron chi connectivity index (χ4n) is 3.97. The molecule has 4 rings (SSSR count). The Labute approximate surface area is 139 Å². The van der Waals surface area contributed by atoms with Crippen LogP contribution in [0.25, 0.3) is 11.4 Å². The predicted octanol–water partition coefficient (Wildman–Crippen LogP) is 2.83. The van der Waals surface area contributed by atoms with E-state index in [9.17, 15) is 9.59 Å². The van der Waals surface area contributed by atoms with Crippen LogP contribution in [-0.2, 0) is 0 Å². The van der Waals surface area contributed by atoms with E-state index in [1.54, 1.807) is 24.3 Å². The summed E-state index contributed by atoms with van der Waals surface area (Å²) in [5.74, 6) is 0.470. The molecule has 0 radical (unpaired) electrons. The lowest BCUT2D eigenvalue weighted by Gasteiger charge is -2.37. The number of likely N-dealkylation sites (tertiary alicyclic amines) is 1. The molecule has 2 amide bonds. The number of urea groups is 1. The number of rotatable bonds is 2. The second-order valence-corrected chi connectivity index (χ2v) is 6.55. The minimum atomic E-state index is -0.585. The molecule has 24 heavy (non-hydrogen) atoms. The number of hydrogen-bond acceptors (Lipinski definition) is 4. The molecule has 2 heterocycles. The van der Waals surface area contributed by atoms with Gasteiger partial charge in [0.25, 0.3) is 0 Å². The van der Waals surface area contributed by atoms with Crippen LogP contribution in [0.5, 0.6) is 0 Å². The number of aromatic amines is 1. The molecule has 2 aliphatic rings. The molecule has 2 atom stereocenters. The predicted molar refractivity (Wildman–Crippen MR) is 88.6 cm³/mol. The number of nitrogens with one attached hydrogen (secondary N) is 2. The second kappa shape index (κ2) is 6.14. The van der Waals surface area contributed by atoms with E-state index >= 15 is 0 Å². The average molecular weight is 328 g/mol. The molecule has 126 valence electrons. The molecule has 0 unspecified atom stereocenters. The first-order chi connectivity index (χ1) is 11.7.